The molecule has 0 aliphatic carbocycles. The number of aromatic nitrogens is 2. The predicted octanol–water partition coefficient (Wildman–Crippen LogP) is 3.78. The van der Waals surface area contributed by atoms with Gasteiger partial charge in [-0.25, -0.2) is 4.98 Å². The molecule has 2 heterocycles. The molecule has 0 spiro atoms. The Kier molecular flexibility index (Phi) is 2.76. The number of rotatable bonds is 2. The zero-order valence-electron chi connectivity index (χ0n) is 9.08. The van der Waals surface area contributed by atoms with E-state index in [-0.39, 0.29) is 0 Å². The van der Waals surface area contributed by atoms with Crippen molar-refractivity contribution >= 4 is 22.7 Å². The molecule has 0 unspecified atom stereocenters. The number of nitrogens with zero attached hydrogens (tertiary/aromatic N) is 2. The standard InChI is InChI=1S/C14H10N2S/c1-2-6-13-11(5-1)9-12(10-16-13)17-14-7-3-4-8-15-14/h1-10H. The van der Waals surface area contributed by atoms with E-state index in [9.17, 15) is 0 Å². The van der Waals surface area contributed by atoms with Crippen molar-refractivity contribution < 1.29 is 0 Å². The average Bonchev–Trinajstić information content (AvgIpc) is 2.40. The number of benzene rings is 1. The monoisotopic (exact) mass is 238 g/mol. The summed E-state index contributed by atoms with van der Waals surface area (Å²) in [5, 5.41) is 2.15. The summed E-state index contributed by atoms with van der Waals surface area (Å²) >= 11 is 1.63. The Balaban J connectivity index is 1.96. The van der Waals surface area contributed by atoms with Gasteiger partial charge in [-0.1, -0.05) is 36.0 Å². The molecule has 17 heavy (non-hydrogen) atoms. The first-order valence-electron chi connectivity index (χ1n) is 5.35. The fourth-order valence-electron chi connectivity index (χ4n) is 1.63. The minimum absolute atomic E-state index is 0.990. The van der Waals surface area contributed by atoms with Crippen LogP contribution in [0.2, 0.25) is 0 Å². The maximum Gasteiger partial charge on any atom is 0.101 e. The third-order valence-electron chi connectivity index (χ3n) is 2.43. The first-order valence-corrected chi connectivity index (χ1v) is 6.17. The van der Waals surface area contributed by atoms with Crippen molar-refractivity contribution in [3.63, 3.8) is 0 Å². The van der Waals surface area contributed by atoms with Crippen LogP contribution >= 0.6 is 11.8 Å². The Morgan fingerprint density at radius 1 is 0.882 bits per heavy atom. The van der Waals surface area contributed by atoms with Crippen LogP contribution in [0, 0.1) is 0 Å². The highest BCUT2D eigenvalue weighted by Gasteiger charge is 2.00. The second-order valence-corrected chi connectivity index (χ2v) is 4.73. The molecule has 0 saturated carbocycles. The van der Waals surface area contributed by atoms with Crippen LogP contribution in [0.25, 0.3) is 10.9 Å². The van der Waals surface area contributed by atoms with Crippen LogP contribution < -0.4 is 0 Å². The SMILES string of the molecule is c1ccc(Sc2cnc3ccccc3c2)nc1. The minimum Gasteiger partial charge on any atom is -0.255 e. The summed E-state index contributed by atoms with van der Waals surface area (Å²) < 4.78 is 0. The largest absolute Gasteiger partial charge is 0.255 e. The molecule has 0 aliphatic rings. The molecule has 3 heteroatoms. The van der Waals surface area contributed by atoms with E-state index >= 15 is 0 Å². The molecule has 0 amide bonds. The van der Waals surface area contributed by atoms with Gasteiger partial charge < -0.3 is 0 Å². The molecule has 0 fully saturated rings. The number of hydrogen-bond donors (Lipinski definition) is 0. The van der Waals surface area contributed by atoms with Gasteiger partial charge in [-0.3, -0.25) is 4.98 Å². The van der Waals surface area contributed by atoms with Crippen molar-refractivity contribution in [2.45, 2.75) is 9.92 Å². The normalized spacial score (nSPS) is 10.6. The van der Waals surface area contributed by atoms with Crippen molar-refractivity contribution in [3.05, 3.63) is 60.9 Å². The van der Waals surface area contributed by atoms with Gasteiger partial charge in [-0.2, -0.15) is 0 Å². The summed E-state index contributed by atoms with van der Waals surface area (Å²) in [6.45, 7) is 0. The van der Waals surface area contributed by atoms with Gasteiger partial charge >= 0.3 is 0 Å². The second-order valence-electron chi connectivity index (χ2n) is 3.63. The van der Waals surface area contributed by atoms with Crippen molar-refractivity contribution in [1.29, 1.82) is 0 Å². The summed E-state index contributed by atoms with van der Waals surface area (Å²) in [4.78, 5) is 9.83. The van der Waals surface area contributed by atoms with Crippen LogP contribution in [0.15, 0.2) is 70.8 Å². The van der Waals surface area contributed by atoms with Gasteiger partial charge in [0, 0.05) is 22.7 Å². The molecule has 0 atom stereocenters. The fourth-order valence-corrected chi connectivity index (χ4v) is 2.43. The molecule has 1 aromatic carbocycles. The van der Waals surface area contributed by atoms with Gasteiger partial charge in [0.1, 0.15) is 5.03 Å². The summed E-state index contributed by atoms with van der Waals surface area (Å²) in [5.74, 6) is 0. The first-order chi connectivity index (χ1) is 8.42. The molecule has 3 aromatic rings. The second kappa shape index (κ2) is 4.55. The lowest BCUT2D eigenvalue weighted by molar-refractivity contribution is 1.13. The smallest absolute Gasteiger partial charge is 0.101 e. The van der Waals surface area contributed by atoms with E-state index in [2.05, 4.69) is 22.1 Å². The van der Waals surface area contributed by atoms with Crippen molar-refractivity contribution in [3.8, 4) is 0 Å². The highest BCUT2D eigenvalue weighted by Crippen LogP contribution is 2.27. The van der Waals surface area contributed by atoms with Crippen molar-refractivity contribution in [1.82, 2.24) is 9.97 Å². The van der Waals surface area contributed by atoms with E-state index in [1.807, 2.05) is 42.6 Å². The summed E-state index contributed by atoms with van der Waals surface area (Å²) in [6, 6.07) is 16.2. The zero-order valence-corrected chi connectivity index (χ0v) is 9.89. The molecule has 2 aromatic heterocycles. The summed E-state index contributed by atoms with van der Waals surface area (Å²) in [5.41, 5.74) is 1.03. The third kappa shape index (κ3) is 2.29. The number of hydrogen-bond acceptors (Lipinski definition) is 3. The van der Waals surface area contributed by atoms with E-state index in [1.54, 1.807) is 18.0 Å². The molecule has 0 bridgehead atoms. The molecular weight excluding hydrogens is 228 g/mol. The Morgan fingerprint density at radius 2 is 1.76 bits per heavy atom. The summed E-state index contributed by atoms with van der Waals surface area (Å²) in [6.07, 6.45) is 3.69. The maximum atomic E-state index is 4.43. The number of pyridine rings is 2. The molecule has 2 nitrogen and oxygen atoms in total. The van der Waals surface area contributed by atoms with Gasteiger partial charge in [0.15, 0.2) is 0 Å². The van der Waals surface area contributed by atoms with E-state index < -0.39 is 0 Å². The van der Waals surface area contributed by atoms with Gasteiger partial charge in [0.25, 0.3) is 0 Å². The summed E-state index contributed by atoms with van der Waals surface area (Å²) in [7, 11) is 0. The Morgan fingerprint density at radius 3 is 2.65 bits per heavy atom. The molecule has 0 radical (unpaired) electrons. The Hall–Kier alpha value is -1.87. The molecule has 0 N–H and O–H groups in total. The molecular formula is C14H10N2S. The number of fused-ring (bicyclic) bond motifs is 1. The van der Waals surface area contributed by atoms with E-state index in [4.69, 9.17) is 0 Å². The minimum atomic E-state index is 0.990. The first kappa shape index (κ1) is 10.3. The van der Waals surface area contributed by atoms with Crippen LogP contribution in [-0.2, 0) is 0 Å². The highest BCUT2D eigenvalue weighted by atomic mass is 32.2. The molecule has 3 rings (SSSR count). The quantitative estimate of drug-likeness (QED) is 0.679. The maximum absolute atomic E-state index is 4.43. The lowest BCUT2D eigenvalue weighted by atomic mass is 10.2. The van der Waals surface area contributed by atoms with Gasteiger partial charge in [0.05, 0.1) is 5.52 Å². The van der Waals surface area contributed by atoms with E-state index in [0.29, 0.717) is 0 Å². The van der Waals surface area contributed by atoms with E-state index in [1.165, 1.54) is 0 Å². The third-order valence-corrected chi connectivity index (χ3v) is 3.34. The zero-order chi connectivity index (χ0) is 11.5. The average molecular weight is 238 g/mol. The van der Waals surface area contributed by atoms with Gasteiger partial charge in [0.2, 0.25) is 0 Å². The van der Waals surface area contributed by atoms with E-state index in [0.717, 1.165) is 20.8 Å². The van der Waals surface area contributed by atoms with Gasteiger partial charge in [-0.15, -0.1) is 0 Å². The lowest BCUT2D eigenvalue weighted by Crippen LogP contribution is -1.81. The van der Waals surface area contributed by atoms with Gasteiger partial charge in [-0.05, 0) is 24.3 Å². The highest BCUT2D eigenvalue weighted by molar-refractivity contribution is 7.99. The molecule has 0 aliphatic heterocycles. The molecule has 0 saturated heterocycles. The van der Waals surface area contributed by atoms with Crippen LogP contribution in [0.4, 0.5) is 0 Å². The number of para-hydroxylation sites is 1. The van der Waals surface area contributed by atoms with Crippen molar-refractivity contribution in [2.75, 3.05) is 0 Å². The van der Waals surface area contributed by atoms with Crippen molar-refractivity contribution in [2.24, 2.45) is 0 Å². The van der Waals surface area contributed by atoms with Crippen LogP contribution in [0.1, 0.15) is 0 Å². The topological polar surface area (TPSA) is 25.8 Å². The van der Waals surface area contributed by atoms with Crippen LogP contribution in [-0.4, -0.2) is 9.97 Å². The Bertz CT molecular complexity index is 638. The predicted molar refractivity (Wildman–Crippen MR) is 70.1 cm³/mol. The van der Waals surface area contributed by atoms with Crippen LogP contribution in [0.5, 0.6) is 0 Å². The Labute approximate surface area is 104 Å². The molecule has 82 valence electrons. The fraction of sp³-hybridized carbons (Fsp3) is 0. The lowest BCUT2D eigenvalue weighted by Gasteiger charge is -2.02. The van der Waals surface area contributed by atoms with Crippen LogP contribution in [0.3, 0.4) is 0 Å².